The topological polar surface area (TPSA) is 79.0 Å². The lowest BCUT2D eigenvalue weighted by molar-refractivity contribution is 0.600. The van der Waals surface area contributed by atoms with Gasteiger partial charge in [-0.3, -0.25) is 9.52 Å². The van der Waals surface area contributed by atoms with Crippen LogP contribution in [0.4, 0.5) is 5.69 Å². The fraction of sp³-hybridized carbons (Fsp3) is 0.400. The molecule has 0 fully saturated rings. The van der Waals surface area contributed by atoms with E-state index >= 15 is 0 Å². The first kappa shape index (κ1) is 16.7. The summed E-state index contributed by atoms with van der Waals surface area (Å²) in [6.45, 7) is 0. The van der Waals surface area contributed by atoms with Crippen LogP contribution >= 0.6 is 23.4 Å². The van der Waals surface area contributed by atoms with E-state index < -0.39 is 10.0 Å². The molecule has 3 rings (SSSR count). The third-order valence-electron chi connectivity index (χ3n) is 3.79. The number of anilines is 1. The Bertz CT molecular complexity index is 893. The summed E-state index contributed by atoms with van der Waals surface area (Å²) in [5, 5.41) is 0.914. The molecule has 0 saturated carbocycles. The molecule has 0 amide bonds. The Morgan fingerprint density at radius 1 is 1.30 bits per heavy atom. The Hall–Kier alpha value is -1.18. The molecule has 0 radical (unpaired) electrons. The summed E-state index contributed by atoms with van der Waals surface area (Å²) in [6.07, 6.45) is 1.23. The number of aromatic amines is 1. The molecule has 1 aromatic carbocycles. The minimum absolute atomic E-state index is 0.00505. The number of nitrogens with one attached hydrogen (secondary N) is 2. The van der Waals surface area contributed by atoms with Crippen LogP contribution in [0.25, 0.3) is 10.9 Å². The number of thioether (sulfide) groups is 1. The number of pyridine rings is 1. The molecule has 1 aliphatic heterocycles. The van der Waals surface area contributed by atoms with Gasteiger partial charge in [-0.15, -0.1) is 11.6 Å². The van der Waals surface area contributed by atoms with Gasteiger partial charge < -0.3 is 4.98 Å². The standard InChI is InChI=1S/C15H17ClN2O3S2/c16-5-1-7-23(20,21)18-10-2-3-14-12(8-10)11-4-6-22-9-13(11)15(19)17-14/h2-3,8,18H,1,4-7,9H2,(H,17,19). The number of aromatic nitrogens is 1. The van der Waals surface area contributed by atoms with Crippen molar-refractivity contribution in [2.24, 2.45) is 0 Å². The van der Waals surface area contributed by atoms with Crippen molar-refractivity contribution in [3.63, 3.8) is 0 Å². The summed E-state index contributed by atoms with van der Waals surface area (Å²) < 4.78 is 26.6. The zero-order valence-electron chi connectivity index (χ0n) is 12.4. The summed E-state index contributed by atoms with van der Waals surface area (Å²) in [7, 11) is -3.41. The van der Waals surface area contributed by atoms with Crippen molar-refractivity contribution < 1.29 is 8.42 Å². The van der Waals surface area contributed by atoms with Gasteiger partial charge in [-0.2, -0.15) is 11.8 Å². The maximum Gasteiger partial charge on any atom is 0.252 e. The number of hydrogen-bond acceptors (Lipinski definition) is 4. The first-order chi connectivity index (χ1) is 11.0. The molecule has 0 aliphatic carbocycles. The van der Waals surface area contributed by atoms with Crippen LogP contribution in [-0.2, 0) is 22.2 Å². The van der Waals surface area contributed by atoms with Crippen LogP contribution in [0.3, 0.4) is 0 Å². The summed E-state index contributed by atoms with van der Waals surface area (Å²) in [5.74, 6) is 1.98. The normalized spacial score (nSPS) is 14.7. The van der Waals surface area contributed by atoms with Crippen LogP contribution in [0.5, 0.6) is 0 Å². The number of sulfonamides is 1. The van der Waals surface area contributed by atoms with Crippen molar-refractivity contribution in [1.29, 1.82) is 0 Å². The van der Waals surface area contributed by atoms with Gasteiger partial charge in [0.2, 0.25) is 10.0 Å². The Morgan fingerprint density at radius 2 is 2.13 bits per heavy atom. The van der Waals surface area contributed by atoms with Crippen molar-refractivity contribution in [2.75, 3.05) is 22.1 Å². The molecule has 1 aromatic heterocycles. The third kappa shape index (κ3) is 3.67. The highest BCUT2D eigenvalue weighted by molar-refractivity contribution is 7.98. The molecule has 2 N–H and O–H groups in total. The first-order valence-corrected chi connectivity index (χ1v) is 10.7. The fourth-order valence-electron chi connectivity index (χ4n) is 2.73. The fourth-order valence-corrected chi connectivity index (χ4v) is 5.13. The van der Waals surface area contributed by atoms with Gasteiger partial charge in [-0.1, -0.05) is 0 Å². The van der Waals surface area contributed by atoms with Crippen LogP contribution in [0.1, 0.15) is 17.5 Å². The Kier molecular flexibility index (Phi) is 4.89. The van der Waals surface area contributed by atoms with E-state index in [1.165, 1.54) is 0 Å². The van der Waals surface area contributed by atoms with E-state index in [1.807, 2.05) is 0 Å². The quantitative estimate of drug-likeness (QED) is 0.791. The van der Waals surface area contributed by atoms with Gasteiger partial charge >= 0.3 is 0 Å². The van der Waals surface area contributed by atoms with Gasteiger partial charge in [0.25, 0.3) is 5.56 Å². The molecule has 124 valence electrons. The van der Waals surface area contributed by atoms with Crippen molar-refractivity contribution in [3.8, 4) is 0 Å². The van der Waals surface area contributed by atoms with E-state index in [4.69, 9.17) is 11.6 Å². The number of aryl methyl sites for hydroxylation is 1. The molecule has 1 aliphatic rings. The highest BCUT2D eigenvalue weighted by Gasteiger charge is 2.17. The lowest BCUT2D eigenvalue weighted by Crippen LogP contribution is -2.19. The monoisotopic (exact) mass is 372 g/mol. The molecule has 0 spiro atoms. The van der Waals surface area contributed by atoms with Gasteiger partial charge in [-0.05, 0) is 42.4 Å². The van der Waals surface area contributed by atoms with Crippen molar-refractivity contribution in [1.82, 2.24) is 4.98 Å². The molecular weight excluding hydrogens is 356 g/mol. The van der Waals surface area contributed by atoms with Crippen LogP contribution in [0.15, 0.2) is 23.0 Å². The van der Waals surface area contributed by atoms with E-state index in [0.29, 0.717) is 23.7 Å². The molecule has 5 nitrogen and oxygen atoms in total. The number of fused-ring (bicyclic) bond motifs is 3. The summed E-state index contributed by atoms with van der Waals surface area (Å²) in [4.78, 5) is 15.0. The van der Waals surface area contributed by atoms with E-state index in [-0.39, 0.29) is 11.3 Å². The van der Waals surface area contributed by atoms with Crippen LogP contribution < -0.4 is 10.3 Å². The Morgan fingerprint density at radius 3 is 2.91 bits per heavy atom. The summed E-state index contributed by atoms with van der Waals surface area (Å²) >= 11 is 7.29. The molecule has 2 heterocycles. The van der Waals surface area contributed by atoms with Crippen LogP contribution in [-0.4, -0.2) is 30.8 Å². The van der Waals surface area contributed by atoms with Gasteiger partial charge in [-0.25, -0.2) is 8.42 Å². The van der Waals surface area contributed by atoms with Crippen molar-refractivity contribution in [3.05, 3.63) is 39.7 Å². The Labute approximate surface area is 143 Å². The average Bonchev–Trinajstić information content (AvgIpc) is 2.54. The van der Waals surface area contributed by atoms with Crippen molar-refractivity contribution in [2.45, 2.75) is 18.6 Å². The van der Waals surface area contributed by atoms with Gasteiger partial charge in [0.15, 0.2) is 0 Å². The minimum atomic E-state index is -3.41. The lowest BCUT2D eigenvalue weighted by atomic mass is 10.0. The van der Waals surface area contributed by atoms with E-state index in [2.05, 4.69) is 9.71 Å². The zero-order chi connectivity index (χ0) is 16.4. The molecule has 23 heavy (non-hydrogen) atoms. The SMILES string of the molecule is O=c1[nH]c2ccc(NS(=O)(=O)CCCCl)cc2c2c1CSCC2. The van der Waals surface area contributed by atoms with E-state index in [9.17, 15) is 13.2 Å². The van der Waals surface area contributed by atoms with Gasteiger partial charge in [0.05, 0.1) is 5.75 Å². The first-order valence-electron chi connectivity index (χ1n) is 7.32. The number of halogens is 1. The maximum atomic E-state index is 12.1. The molecule has 8 heteroatoms. The number of hydrogen-bond donors (Lipinski definition) is 2. The smallest absolute Gasteiger partial charge is 0.252 e. The van der Waals surface area contributed by atoms with Gasteiger partial charge in [0, 0.05) is 33.8 Å². The number of benzene rings is 1. The Balaban J connectivity index is 2.01. The maximum absolute atomic E-state index is 12.1. The molecular formula is C15H17ClN2O3S2. The predicted octanol–water partition coefficient (Wildman–Crippen LogP) is 2.69. The second-order valence-corrected chi connectivity index (χ2v) is 8.76. The lowest BCUT2D eigenvalue weighted by Gasteiger charge is -2.17. The highest BCUT2D eigenvalue weighted by atomic mass is 35.5. The number of H-pyrrole nitrogens is 1. The van der Waals surface area contributed by atoms with E-state index in [0.717, 1.165) is 34.2 Å². The second kappa shape index (κ2) is 6.75. The number of rotatable bonds is 5. The molecule has 0 saturated heterocycles. The van der Waals surface area contributed by atoms with E-state index in [1.54, 1.807) is 30.0 Å². The predicted molar refractivity (Wildman–Crippen MR) is 97.2 cm³/mol. The minimum Gasteiger partial charge on any atom is -0.322 e. The summed E-state index contributed by atoms with van der Waals surface area (Å²) in [6, 6.07) is 5.22. The largest absolute Gasteiger partial charge is 0.322 e. The average molecular weight is 373 g/mol. The molecule has 2 aromatic rings. The third-order valence-corrected chi connectivity index (χ3v) is 6.42. The van der Waals surface area contributed by atoms with Crippen LogP contribution in [0.2, 0.25) is 0 Å². The second-order valence-electron chi connectivity index (χ2n) is 5.44. The number of alkyl halides is 1. The van der Waals surface area contributed by atoms with Gasteiger partial charge in [0.1, 0.15) is 0 Å². The highest BCUT2D eigenvalue weighted by Crippen LogP contribution is 2.29. The molecule has 0 atom stereocenters. The summed E-state index contributed by atoms with van der Waals surface area (Å²) in [5.41, 5.74) is 3.04. The molecule has 0 bridgehead atoms. The van der Waals surface area contributed by atoms with Crippen LogP contribution in [0, 0.1) is 0 Å². The molecule has 0 unspecified atom stereocenters. The van der Waals surface area contributed by atoms with Crippen molar-refractivity contribution >= 4 is 50.0 Å². The zero-order valence-corrected chi connectivity index (χ0v) is 14.8.